The third kappa shape index (κ3) is 5.34. The summed E-state index contributed by atoms with van der Waals surface area (Å²) in [5.41, 5.74) is -0.944. The maximum atomic E-state index is 13.3. The van der Waals surface area contributed by atoms with Crippen molar-refractivity contribution in [3.63, 3.8) is 0 Å². The number of ether oxygens (including phenoxy) is 3. The Kier molecular flexibility index (Phi) is 6.74. The normalized spacial score (nSPS) is 24.0. The number of hydrogen-bond donors (Lipinski definition) is 4. The minimum Gasteiger partial charge on any atom is -0.507 e. The van der Waals surface area contributed by atoms with Crippen molar-refractivity contribution < 1.29 is 42.5 Å². The van der Waals surface area contributed by atoms with Crippen LogP contribution in [0, 0.1) is 0 Å². The van der Waals surface area contributed by atoms with Crippen LogP contribution in [-0.2, 0) is 9.53 Å². The number of phenolic OH excluding ortho intramolecular Hbond substituents is 1. The second-order valence-electron chi connectivity index (χ2n) is 9.10. The SMILES string of the molecule is COc1cc(O)c(C=O)c(OCC(=O)Nc2cc([C@H]3CC[C@@H](OC(=O)NC4(C)CC4(F)F)C3)[nH]n2)c1. The first-order chi connectivity index (χ1) is 17.0. The molecule has 0 spiro atoms. The fourth-order valence-corrected chi connectivity index (χ4v) is 4.15. The van der Waals surface area contributed by atoms with Gasteiger partial charge in [-0.1, -0.05) is 0 Å². The van der Waals surface area contributed by atoms with Crippen molar-refractivity contribution in [1.29, 1.82) is 0 Å². The molecule has 0 saturated heterocycles. The zero-order chi connectivity index (χ0) is 26.1. The number of aromatic nitrogens is 2. The predicted octanol–water partition coefficient (Wildman–Crippen LogP) is 3.11. The summed E-state index contributed by atoms with van der Waals surface area (Å²) in [4.78, 5) is 35.5. The van der Waals surface area contributed by atoms with E-state index in [1.807, 2.05) is 0 Å². The number of carbonyl (C=O) groups excluding carboxylic acids is 3. The first-order valence-corrected chi connectivity index (χ1v) is 11.2. The van der Waals surface area contributed by atoms with Crippen LogP contribution in [0.25, 0.3) is 0 Å². The molecule has 194 valence electrons. The Morgan fingerprint density at radius 1 is 1.31 bits per heavy atom. The molecule has 36 heavy (non-hydrogen) atoms. The Morgan fingerprint density at radius 3 is 2.72 bits per heavy atom. The van der Waals surface area contributed by atoms with Crippen LogP contribution in [0.3, 0.4) is 0 Å². The van der Waals surface area contributed by atoms with Crippen molar-refractivity contribution in [3.8, 4) is 17.2 Å². The molecule has 1 aromatic heterocycles. The third-order valence-electron chi connectivity index (χ3n) is 6.41. The number of aromatic hydroxyl groups is 1. The van der Waals surface area contributed by atoms with Gasteiger partial charge in [0.05, 0.1) is 12.7 Å². The van der Waals surface area contributed by atoms with Gasteiger partial charge in [0.15, 0.2) is 18.7 Å². The summed E-state index contributed by atoms with van der Waals surface area (Å²) in [6, 6.07) is 4.27. The lowest BCUT2D eigenvalue weighted by Crippen LogP contribution is -2.40. The molecule has 0 aliphatic heterocycles. The fourth-order valence-electron chi connectivity index (χ4n) is 4.15. The fraction of sp³-hybridized carbons (Fsp3) is 0.478. The first-order valence-electron chi connectivity index (χ1n) is 11.2. The minimum absolute atomic E-state index is 0.0138. The Labute approximate surface area is 204 Å². The molecular weight excluding hydrogens is 482 g/mol. The standard InChI is InChI=1S/C23H26F2N4O7/c1-22(11-23(22,24)25)27-21(33)36-13-4-3-12(5-13)16-8-19(29-28-16)26-20(32)10-35-18-7-14(34-2)6-17(31)15(18)9-30/h6-9,12-13,31H,3-5,10-11H2,1-2H3,(H,27,33)(H2,26,28,29,32)/t12-,13+,22?/m0/s1. The maximum absolute atomic E-state index is 13.3. The number of phenols is 1. The maximum Gasteiger partial charge on any atom is 0.408 e. The zero-order valence-corrected chi connectivity index (χ0v) is 19.6. The van der Waals surface area contributed by atoms with E-state index in [-0.39, 0.29) is 34.5 Å². The monoisotopic (exact) mass is 508 g/mol. The van der Waals surface area contributed by atoms with Crippen LogP contribution in [-0.4, -0.2) is 64.9 Å². The number of amides is 2. The molecule has 1 heterocycles. The van der Waals surface area contributed by atoms with Gasteiger partial charge in [-0.2, -0.15) is 5.10 Å². The highest BCUT2D eigenvalue weighted by Gasteiger charge is 2.69. The smallest absolute Gasteiger partial charge is 0.408 e. The Bertz CT molecular complexity index is 1170. The van der Waals surface area contributed by atoms with Crippen molar-refractivity contribution in [2.24, 2.45) is 0 Å². The van der Waals surface area contributed by atoms with E-state index >= 15 is 0 Å². The number of H-pyrrole nitrogens is 1. The van der Waals surface area contributed by atoms with Crippen molar-refractivity contribution >= 4 is 24.1 Å². The van der Waals surface area contributed by atoms with Gasteiger partial charge in [-0.3, -0.25) is 14.7 Å². The molecule has 1 unspecified atom stereocenters. The van der Waals surface area contributed by atoms with Gasteiger partial charge in [0.25, 0.3) is 11.8 Å². The number of alkyl halides is 2. The van der Waals surface area contributed by atoms with Gasteiger partial charge in [-0.25, -0.2) is 13.6 Å². The average Bonchev–Trinajstić information content (AvgIpc) is 3.23. The number of nitrogens with zero attached hydrogens (tertiary/aromatic N) is 1. The lowest BCUT2D eigenvalue weighted by atomic mass is 10.0. The lowest BCUT2D eigenvalue weighted by molar-refractivity contribution is -0.118. The molecule has 2 fully saturated rings. The van der Waals surface area contributed by atoms with Crippen molar-refractivity contribution in [2.45, 2.75) is 56.1 Å². The molecule has 13 heteroatoms. The summed E-state index contributed by atoms with van der Waals surface area (Å²) >= 11 is 0. The third-order valence-corrected chi connectivity index (χ3v) is 6.41. The molecule has 3 atom stereocenters. The van der Waals surface area contributed by atoms with Gasteiger partial charge >= 0.3 is 6.09 Å². The van der Waals surface area contributed by atoms with E-state index in [0.717, 1.165) is 5.69 Å². The van der Waals surface area contributed by atoms with Crippen LogP contribution in [0.5, 0.6) is 17.2 Å². The van der Waals surface area contributed by atoms with Gasteiger partial charge in [0.1, 0.15) is 28.9 Å². The number of alkyl carbamates (subject to hydrolysis) is 1. The summed E-state index contributed by atoms with van der Waals surface area (Å²) in [5.74, 6) is -3.35. The number of methoxy groups -OCH3 is 1. The van der Waals surface area contributed by atoms with Crippen LogP contribution in [0.1, 0.15) is 54.6 Å². The topological polar surface area (TPSA) is 152 Å². The summed E-state index contributed by atoms with van der Waals surface area (Å²) in [5, 5.41) is 21.6. The second kappa shape index (κ2) is 9.63. The number of hydrogen-bond acceptors (Lipinski definition) is 8. The molecule has 2 aromatic rings. The molecule has 4 rings (SSSR count). The minimum atomic E-state index is -2.92. The number of anilines is 1. The number of nitrogens with one attached hydrogen (secondary N) is 3. The molecule has 2 saturated carbocycles. The number of aldehydes is 1. The van der Waals surface area contributed by atoms with E-state index in [1.165, 1.54) is 26.2 Å². The van der Waals surface area contributed by atoms with Gasteiger partial charge in [0, 0.05) is 36.2 Å². The molecular formula is C23H26F2N4O7. The van der Waals surface area contributed by atoms with Gasteiger partial charge in [-0.15, -0.1) is 0 Å². The lowest BCUT2D eigenvalue weighted by Gasteiger charge is -2.16. The zero-order valence-electron chi connectivity index (χ0n) is 19.6. The molecule has 4 N–H and O–H groups in total. The molecule has 0 radical (unpaired) electrons. The molecule has 11 nitrogen and oxygen atoms in total. The summed E-state index contributed by atoms with van der Waals surface area (Å²) in [6.45, 7) is 0.820. The number of carbonyl (C=O) groups is 3. The van der Waals surface area contributed by atoms with E-state index in [9.17, 15) is 28.3 Å². The largest absolute Gasteiger partial charge is 0.507 e. The molecule has 2 amide bonds. The van der Waals surface area contributed by atoms with E-state index in [4.69, 9.17) is 14.2 Å². The van der Waals surface area contributed by atoms with Crippen LogP contribution in [0.4, 0.5) is 19.4 Å². The average molecular weight is 508 g/mol. The highest BCUT2D eigenvalue weighted by Crippen LogP contribution is 2.52. The molecule has 2 aliphatic rings. The summed E-state index contributed by atoms with van der Waals surface area (Å²) in [7, 11) is 1.38. The Morgan fingerprint density at radius 2 is 2.06 bits per heavy atom. The second-order valence-corrected chi connectivity index (χ2v) is 9.10. The quantitative estimate of drug-likeness (QED) is 0.377. The first kappa shape index (κ1) is 25.2. The van der Waals surface area contributed by atoms with Crippen LogP contribution >= 0.6 is 0 Å². The van der Waals surface area contributed by atoms with E-state index in [1.54, 1.807) is 6.07 Å². The van der Waals surface area contributed by atoms with E-state index in [2.05, 4.69) is 20.8 Å². The van der Waals surface area contributed by atoms with Crippen LogP contribution in [0.15, 0.2) is 18.2 Å². The summed E-state index contributed by atoms with van der Waals surface area (Å²) in [6.07, 6.45) is 0.436. The Balaban J connectivity index is 1.26. The highest BCUT2D eigenvalue weighted by atomic mass is 19.3. The van der Waals surface area contributed by atoms with E-state index < -0.39 is 42.6 Å². The van der Waals surface area contributed by atoms with Crippen molar-refractivity contribution in [3.05, 3.63) is 29.5 Å². The molecule has 1 aromatic carbocycles. The molecule has 2 aliphatic carbocycles. The summed E-state index contributed by atoms with van der Waals surface area (Å²) < 4.78 is 42.3. The number of rotatable bonds is 9. The number of aromatic amines is 1. The highest BCUT2D eigenvalue weighted by molar-refractivity contribution is 5.91. The van der Waals surface area contributed by atoms with Gasteiger partial charge in [0.2, 0.25) is 0 Å². The number of benzene rings is 1. The Hall–Kier alpha value is -3.90. The van der Waals surface area contributed by atoms with E-state index in [0.29, 0.717) is 25.5 Å². The van der Waals surface area contributed by atoms with Crippen LogP contribution < -0.4 is 20.1 Å². The molecule has 0 bridgehead atoms. The van der Waals surface area contributed by atoms with Crippen molar-refractivity contribution in [1.82, 2.24) is 15.5 Å². The van der Waals surface area contributed by atoms with Gasteiger partial charge in [-0.05, 0) is 26.2 Å². The predicted molar refractivity (Wildman–Crippen MR) is 121 cm³/mol. The van der Waals surface area contributed by atoms with Gasteiger partial charge < -0.3 is 30.0 Å². The van der Waals surface area contributed by atoms with Crippen molar-refractivity contribution in [2.75, 3.05) is 19.0 Å². The van der Waals surface area contributed by atoms with Crippen LogP contribution in [0.2, 0.25) is 0 Å². The number of halogens is 2.